The van der Waals surface area contributed by atoms with Crippen molar-refractivity contribution in [2.24, 2.45) is 0 Å². The standard InChI is InChI=1S/C17H17BrN2O/c1-2-21-17-8-7-13(19)9-12(17)10-20-11-15(18)14-5-3-4-6-16(14)20/h3-9,11H,2,10,19H2,1H3. The van der Waals surface area contributed by atoms with Crippen LogP contribution >= 0.6 is 15.9 Å². The number of hydrogen-bond acceptors (Lipinski definition) is 2. The minimum Gasteiger partial charge on any atom is -0.494 e. The molecule has 3 aromatic rings. The van der Waals surface area contributed by atoms with Crippen molar-refractivity contribution in [2.75, 3.05) is 12.3 Å². The third kappa shape index (κ3) is 2.76. The fraction of sp³-hybridized carbons (Fsp3) is 0.176. The van der Waals surface area contributed by atoms with E-state index in [1.54, 1.807) is 0 Å². The minimum absolute atomic E-state index is 0.646. The molecule has 0 atom stereocenters. The largest absolute Gasteiger partial charge is 0.494 e. The number of fused-ring (bicyclic) bond motifs is 1. The van der Waals surface area contributed by atoms with Gasteiger partial charge in [-0.2, -0.15) is 0 Å². The van der Waals surface area contributed by atoms with E-state index in [4.69, 9.17) is 10.5 Å². The van der Waals surface area contributed by atoms with Crippen molar-refractivity contribution in [3.63, 3.8) is 0 Å². The summed E-state index contributed by atoms with van der Waals surface area (Å²) in [5.74, 6) is 0.889. The Bertz CT molecular complexity index is 780. The summed E-state index contributed by atoms with van der Waals surface area (Å²) in [6, 6.07) is 14.1. The van der Waals surface area contributed by atoms with Gasteiger partial charge in [-0.05, 0) is 47.1 Å². The van der Waals surface area contributed by atoms with Crippen LogP contribution in [0.4, 0.5) is 5.69 Å². The predicted molar refractivity (Wildman–Crippen MR) is 90.8 cm³/mol. The van der Waals surface area contributed by atoms with Crippen LogP contribution in [0.5, 0.6) is 5.75 Å². The van der Waals surface area contributed by atoms with Crippen molar-refractivity contribution in [3.05, 3.63) is 58.7 Å². The lowest BCUT2D eigenvalue weighted by atomic mass is 10.1. The van der Waals surface area contributed by atoms with Crippen LogP contribution in [0.2, 0.25) is 0 Å². The molecule has 1 heterocycles. The molecule has 0 spiro atoms. The first kappa shape index (κ1) is 14.0. The average Bonchev–Trinajstić information content (AvgIpc) is 2.79. The fourth-order valence-corrected chi connectivity index (χ4v) is 3.12. The summed E-state index contributed by atoms with van der Waals surface area (Å²) in [5, 5.41) is 1.21. The topological polar surface area (TPSA) is 40.2 Å². The van der Waals surface area contributed by atoms with E-state index in [-0.39, 0.29) is 0 Å². The van der Waals surface area contributed by atoms with Gasteiger partial charge in [0.05, 0.1) is 13.2 Å². The van der Waals surface area contributed by atoms with Crippen LogP contribution < -0.4 is 10.5 Å². The van der Waals surface area contributed by atoms with Gasteiger partial charge >= 0.3 is 0 Å². The van der Waals surface area contributed by atoms with Crippen molar-refractivity contribution in [3.8, 4) is 5.75 Å². The van der Waals surface area contributed by atoms with Crippen LogP contribution in [-0.4, -0.2) is 11.2 Å². The highest BCUT2D eigenvalue weighted by Gasteiger charge is 2.09. The molecule has 21 heavy (non-hydrogen) atoms. The lowest BCUT2D eigenvalue weighted by molar-refractivity contribution is 0.336. The Morgan fingerprint density at radius 2 is 2.00 bits per heavy atom. The van der Waals surface area contributed by atoms with E-state index >= 15 is 0 Å². The highest BCUT2D eigenvalue weighted by molar-refractivity contribution is 9.10. The first-order valence-corrected chi connectivity index (χ1v) is 7.73. The number of benzene rings is 2. The van der Waals surface area contributed by atoms with Gasteiger partial charge in [0.1, 0.15) is 5.75 Å². The maximum atomic E-state index is 5.92. The molecule has 3 rings (SSSR count). The van der Waals surface area contributed by atoms with E-state index in [1.807, 2.05) is 37.3 Å². The minimum atomic E-state index is 0.646. The molecule has 0 radical (unpaired) electrons. The first-order valence-electron chi connectivity index (χ1n) is 6.93. The van der Waals surface area contributed by atoms with Gasteiger partial charge in [-0.1, -0.05) is 18.2 Å². The van der Waals surface area contributed by atoms with Crippen molar-refractivity contribution in [1.82, 2.24) is 4.57 Å². The number of hydrogen-bond donors (Lipinski definition) is 1. The van der Waals surface area contributed by atoms with Gasteiger partial charge in [0.25, 0.3) is 0 Å². The molecular weight excluding hydrogens is 328 g/mol. The molecule has 2 aromatic carbocycles. The first-order chi connectivity index (χ1) is 10.2. The summed E-state index contributed by atoms with van der Waals surface area (Å²) < 4.78 is 9.00. The molecule has 0 unspecified atom stereocenters. The monoisotopic (exact) mass is 344 g/mol. The maximum absolute atomic E-state index is 5.92. The Morgan fingerprint density at radius 3 is 2.81 bits per heavy atom. The molecule has 1 aromatic heterocycles. The van der Waals surface area contributed by atoms with Gasteiger partial charge in [0.2, 0.25) is 0 Å². The highest BCUT2D eigenvalue weighted by Crippen LogP contribution is 2.29. The Morgan fingerprint density at radius 1 is 1.19 bits per heavy atom. The number of para-hydroxylation sites is 1. The Hall–Kier alpha value is -1.94. The molecule has 0 amide bonds. The van der Waals surface area contributed by atoms with E-state index < -0.39 is 0 Å². The van der Waals surface area contributed by atoms with Crippen molar-refractivity contribution in [1.29, 1.82) is 0 Å². The number of nitrogens with two attached hydrogens (primary N) is 1. The van der Waals surface area contributed by atoms with Crippen molar-refractivity contribution < 1.29 is 4.74 Å². The van der Waals surface area contributed by atoms with Crippen LogP contribution in [0.15, 0.2) is 53.1 Å². The third-order valence-corrected chi connectivity index (χ3v) is 4.10. The highest BCUT2D eigenvalue weighted by atomic mass is 79.9. The molecule has 0 aliphatic carbocycles. The molecule has 108 valence electrons. The molecule has 0 aliphatic rings. The van der Waals surface area contributed by atoms with Crippen LogP contribution in [0, 0.1) is 0 Å². The molecular formula is C17H17BrN2O. The smallest absolute Gasteiger partial charge is 0.124 e. The molecule has 0 aliphatic heterocycles. The lowest BCUT2D eigenvalue weighted by Crippen LogP contribution is -2.03. The van der Waals surface area contributed by atoms with E-state index in [9.17, 15) is 0 Å². The summed E-state index contributed by atoms with van der Waals surface area (Å²) in [6.07, 6.45) is 2.10. The molecule has 4 heteroatoms. The van der Waals surface area contributed by atoms with Crippen LogP contribution in [0.3, 0.4) is 0 Å². The summed E-state index contributed by atoms with van der Waals surface area (Å²) in [4.78, 5) is 0. The summed E-state index contributed by atoms with van der Waals surface area (Å²) in [6.45, 7) is 3.36. The molecule has 2 N–H and O–H groups in total. The second-order valence-corrected chi connectivity index (χ2v) is 5.78. The zero-order valence-electron chi connectivity index (χ0n) is 11.8. The van der Waals surface area contributed by atoms with E-state index in [1.165, 1.54) is 10.9 Å². The zero-order valence-corrected chi connectivity index (χ0v) is 13.4. The van der Waals surface area contributed by atoms with Crippen LogP contribution in [-0.2, 0) is 6.54 Å². The molecule has 0 saturated heterocycles. The number of ether oxygens (including phenoxy) is 1. The van der Waals surface area contributed by atoms with Gasteiger partial charge in [-0.15, -0.1) is 0 Å². The van der Waals surface area contributed by atoms with Gasteiger partial charge in [0, 0.05) is 32.8 Å². The molecule has 3 nitrogen and oxygen atoms in total. The van der Waals surface area contributed by atoms with Gasteiger partial charge in [-0.25, -0.2) is 0 Å². The van der Waals surface area contributed by atoms with Crippen molar-refractivity contribution in [2.45, 2.75) is 13.5 Å². The number of nitrogen functional groups attached to an aromatic ring is 1. The van der Waals surface area contributed by atoms with E-state index in [2.05, 4.69) is 38.8 Å². The molecule has 0 fully saturated rings. The Labute approximate surface area is 132 Å². The SMILES string of the molecule is CCOc1ccc(N)cc1Cn1cc(Br)c2ccccc21. The average molecular weight is 345 g/mol. The predicted octanol–water partition coefficient (Wildman–Crippen LogP) is 4.43. The Kier molecular flexibility index (Phi) is 3.88. The van der Waals surface area contributed by atoms with Crippen LogP contribution in [0.25, 0.3) is 10.9 Å². The summed E-state index contributed by atoms with van der Waals surface area (Å²) in [5.41, 5.74) is 8.95. The number of aromatic nitrogens is 1. The summed E-state index contributed by atoms with van der Waals surface area (Å²) >= 11 is 3.62. The van der Waals surface area contributed by atoms with Gasteiger partial charge in [-0.3, -0.25) is 0 Å². The van der Waals surface area contributed by atoms with Crippen LogP contribution in [0.1, 0.15) is 12.5 Å². The zero-order chi connectivity index (χ0) is 14.8. The van der Waals surface area contributed by atoms with E-state index in [0.717, 1.165) is 28.0 Å². The summed E-state index contributed by atoms with van der Waals surface area (Å²) in [7, 11) is 0. The lowest BCUT2D eigenvalue weighted by Gasteiger charge is -2.12. The number of nitrogens with zero attached hydrogens (tertiary/aromatic N) is 1. The van der Waals surface area contributed by atoms with E-state index in [0.29, 0.717) is 6.61 Å². The quantitative estimate of drug-likeness (QED) is 0.711. The normalized spacial score (nSPS) is 11.0. The second-order valence-electron chi connectivity index (χ2n) is 4.92. The van der Waals surface area contributed by atoms with Gasteiger partial charge < -0.3 is 15.0 Å². The number of rotatable bonds is 4. The van der Waals surface area contributed by atoms with Gasteiger partial charge in [0.15, 0.2) is 0 Å². The Balaban J connectivity index is 2.04. The van der Waals surface area contributed by atoms with Crippen molar-refractivity contribution >= 4 is 32.5 Å². The maximum Gasteiger partial charge on any atom is 0.124 e. The fourth-order valence-electron chi connectivity index (χ4n) is 2.54. The third-order valence-electron chi connectivity index (χ3n) is 3.47. The second kappa shape index (κ2) is 5.82. The number of halogens is 1. The number of anilines is 1. The molecule has 0 bridgehead atoms. The molecule has 0 saturated carbocycles.